The minimum atomic E-state index is -0.371. The van der Waals surface area contributed by atoms with Crippen LogP contribution >= 0.6 is 11.6 Å². The molecule has 0 aliphatic rings. The van der Waals surface area contributed by atoms with Crippen molar-refractivity contribution in [3.63, 3.8) is 0 Å². The number of benzene rings is 4. The van der Waals surface area contributed by atoms with Crippen molar-refractivity contribution in [1.82, 2.24) is 10.3 Å². The van der Waals surface area contributed by atoms with Crippen molar-refractivity contribution < 1.29 is 27.6 Å². The number of halogens is 2. The van der Waals surface area contributed by atoms with Crippen LogP contribution in [0.2, 0.25) is 5.02 Å². The molecule has 8 nitrogen and oxygen atoms in total. The van der Waals surface area contributed by atoms with Crippen molar-refractivity contribution in [1.29, 1.82) is 0 Å². The second-order valence-corrected chi connectivity index (χ2v) is 9.80. The number of aromatic nitrogens is 1. The molecule has 0 radical (unpaired) electrons. The zero-order valence-corrected chi connectivity index (χ0v) is 26.4. The van der Waals surface area contributed by atoms with Crippen molar-refractivity contribution in [2.75, 3.05) is 26.0 Å². The summed E-state index contributed by atoms with van der Waals surface area (Å²) in [7, 11) is 5.43. The lowest BCUT2D eigenvalue weighted by Gasteiger charge is -2.18. The van der Waals surface area contributed by atoms with Crippen LogP contribution < -0.4 is 10.2 Å². The van der Waals surface area contributed by atoms with Gasteiger partial charge in [-0.05, 0) is 66.2 Å². The van der Waals surface area contributed by atoms with Gasteiger partial charge in [-0.1, -0.05) is 37.6 Å². The molecular formula is C35H33ClFN3O5. The van der Waals surface area contributed by atoms with Gasteiger partial charge >= 0.3 is 0 Å². The van der Waals surface area contributed by atoms with E-state index in [1.165, 1.54) is 12.1 Å². The third-order valence-electron chi connectivity index (χ3n) is 6.60. The minimum absolute atomic E-state index is 0.310. The number of amides is 1. The topological polar surface area (TPSA) is 106 Å². The molecule has 1 amide bonds. The van der Waals surface area contributed by atoms with Gasteiger partial charge in [-0.3, -0.25) is 4.79 Å². The summed E-state index contributed by atoms with van der Waals surface area (Å²) >= 11 is 6.60. The molecule has 2 heterocycles. The summed E-state index contributed by atoms with van der Waals surface area (Å²) in [6.45, 7) is 8.00. The molecule has 6 aromatic rings. The first kappa shape index (κ1) is 34.2. The Morgan fingerprint density at radius 3 is 2.11 bits per heavy atom. The molecule has 0 aliphatic heterocycles. The number of nitrogens with zero attached hydrogens (tertiary/aromatic N) is 2. The predicted molar refractivity (Wildman–Crippen MR) is 178 cm³/mol. The Bertz CT molecular complexity index is 1880. The van der Waals surface area contributed by atoms with Crippen molar-refractivity contribution >= 4 is 58.8 Å². The van der Waals surface area contributed by atoms with Crippen LogP contribution in [0.1, 0.15) is 24.2 Å². The summed E-state index contributed by atoms with van der Waals surface area (Å²) in [6.07, 6.45) is 0. The minimum Gasteiger partial charge on any atom is -0.455 e. The van der Waals surface area contributed by atoms with E-state index >= 15 is 0 Å². The molecule has 2 aromatic heterocycles. The zero-order chi connectivity index (χ0) is 33.3. The standard InChI is InChI=1S/C31H23ClFN3O3.C2H6.2CH2O/c1-34-30(37)28-23-15-22(25(36(2)3)16-27(23)38-29(28)17-8-10-21(33)11-9-17)18-12-19(14-20(32)13-18)31-35-24-6-4-5-7-26(24)39-31;3*1-2/h4-16H,1-3H3,(H,34,37);1-2H3;2*1H2. The molecule has 0 aliphatic carbocycles. The molecule has 6 rings (SSSR count). The van der Waals surface area contributed by atoms with E-state index in [9.17, 15) is 9.18 Å². The lowest BCUT2D eigenvalue weighted by molar-refractivity contribution is -0.0987. The molecule has 0 bridgehead atoms. The first-order valence-electron chi connectivity index (χ1n) is 13.8. The molecule has 0 spiro atoms. The van der Waals surface area contributed by atoms with E-state index < -0.39 is 0 Å². The molecule has 45 heavy (non-hydrogen) atoms. The number of fused-ring (bicyclic) bond motifs is 2. The third kappa shape index (κ3) is 7.11. The highest BCUT2D eigenvalue weighted by Crippen LogP contribution is 2.42. The summed E-state index contributed by atoms with van der Waals surface area (Å²) < 4.78 is 25.8. The average Bonchev–Trinajstić information content (AvgIpc) is 3.68. The van der Waals surface area contributed by atoms with Crippen LogP contribution in [0.3, 0.4) is 0 Å². The van der Waals surface area contributed by atoms with E-state index in [1.54, 1.807) is 19.2 Å². The second-order valence-electron chi connectivity index (χ2n) is 9.37. The van der Waals surface area contributed by atoms with Gasteiger partial charge in [0.1, 0.15) is 36.3 Å². The van der Waals surface area contributed by atoms with Crippen LogP contribution in [0.15, 0.2) is 87.7 Å². The Labute approximate surface area is 265 Å². The summed E-state index contributed by atoms with van der Waals surface area (Å²) in [5, 5.41) is 3.84. The van der Waals surface area contributed by atoms with Gasteiger partial charge in [-0.2, -0.15) is 0 Å². The monoisotopic (exact) mass is 629 g/mol. The van der Waals surface area contributed by atoms with Gasteiger partial charge in [0, 0.05) is 60.0 Å². The van der Waals surface area contributed by atoms with E-state index in [1.807, 2.05) is 101 Å². The fourth-order valence-corrected chi connectivity index (χ4v) is 4.99. The van der Waals surface area contributed by atoms with Crippen LogP contribution in [-0.4, -0.2) is 45.6 Å². The van der Waals surface area contributed by atoms with Crippen LogP contribution in [0, 0.1) is 5.82 Å². The molecule has 0 fully saturated rings. The van der Waals surface area contributed by atoms with Crippen molar-refractivity contribution in [2.24, 2.45) is 0 Å². The van der Waals surface area contributed by atoms with Crippen molar-refractivity contribution in [3.8, 4) is 33.9 Å². The lowest BCUT2D eigenvalue weighted by Crippen LogP contribution is -2.18. The lowest BCUT2D eigenvalue weighted by atomic mass is 9.97. The highest BCUT2D eigenvalue weighted by molar-refractivity contribution is 6.31. The Hall–Kier alpha value is -5.28. The number of furan rings is 1. The number of hydrogen-bond donors (Lipinski definition) is 1. The number of anilines is 1. The Balaban J connectivity index is 0.000000870. The number of oxazole rings is 1. The smallest absolute Gasteiger partial charge is 0.255 e. The summed E-state index contributed by atoms with van der Waals surface area (Å²) in [6, 6.07) is 22.9. The Morgan fingerprint density at radius 1 is 0.844 bits per heavy atom. The molecule has 0 saturated heterocycles. The van der Waals surface area contributed by atoms with Gasteiger partial charge in [0.05, 0.1) is 5.56 Å². The highest BCUT2D eigenvalue weighted by Gasteiger charge is 2.24. The number of hydrogen-bond acceptors (Lipinski definition) is 7. The average molecular weight is 630 g/mol. The molecule has 232 valence electrons. The molecule has 0 atom stereocenters. The van der Waals surface area contributed by atoms with E-state index in [2.05, 4.69) is 10.3 Å². The van der Waals surface area contributed by atoms with Crippen molar-refractivity contribution in [2.45, 2.75) is 13.8 Å². The molecule has 10 heteroatoms. The Morgan fingerprint density at radius 2 is 1.49 bits per heavy atom. The normalized spacial score (nSPS) is 10.1. The van der Waals surface area contributed by atoms with Crippen molar-refractivity contribution in [3.05, 3.63) is 95.3 Å². The molecule has 0 saturated carbocycles. The maximum Gasteiger partial charge on any atom is 0.255 e. The van der Waals surface area contributed by atoms with Gasteiger partial charge in [-0.15, -0.1) is 0 Å². The zero-order valence-electron chi connectivity index (χ0n) is 25.6. The molecule has 4 aromatic carbocycles. The Kier molecular flexibility index (Phi) is 11.7. The maximum absolute atomic E-state index is 13.6. The largest absolute Gasteiger partial charge is 0.455 e. The van der Waals surface area contributed by atoms with Gasteiger partial charge in [-0.25, -0.2) is 9.37 Å². The van der Waals surface area contributed by atoms with Gasteiger partial charge in [0.15, 0.2) is 5.58 Å². The first-order chi connectivity index (χ1) is 21.8. The second kappa shape index (κ2) is 15.4. The highest BCUT2D eigenvalue weighted by atomic mass is 35.5. The summed E-state index contributed by atoms with van der Waals surface area (Å²) in [5.74, 6) is 0.143. The number of carbonyl (C=O) groups is 3. The quantitative estimate of drug-likeness (QED) is 0.204. The van der Waals surface area contributed by atoms with E-state index in [-0.39, 0.29) is 11.7 Å². The van der Waals surface area contributed by atoms with Crippen LogP contribution in [0.5, 0.6) is 0 Å². The molecule has 0 unspecified atom stereocenters. The van der Waals surface area contributed by atoms with Crippen LogP contribution in [0.4, 0.5) is 10.1 Å². The van der Waals surface area contributed by atoms with Gasteiger partial charge in [0.25, 0.3) is 5.91 Å². The summed E-state index contributed by atoms with van der Waals surface area (Å²) in [4.78, 5) is 35.7. The van der Waals surface area contributed by atoms with Crippen LogP contribution in [-0.2, 0) is 9.59 Å². The third-order valence-corrected chi connectivity index (χ3v) is 6.82. The number of rotatable bonds is 5. The van der Waals surface area contributed by atoms with Crippen LogP contribution in [0.25, 0.3) is 56.0 Å². The fraction of sp³-hybridized carbons (Fsp3) is 0.143. The van der Waals surface area contributed by atoms with E-state index in [0.717, 1.165) is 27.9 Å². The fourth-order valence-electron chi connectivity index (χ4n) is 4.75. The molecular weight excluding hydrogens is 597 g/mol. The van der Waals surface area contributed by atoms with E-state index in [4.69, 9.17) is 30.0 Å². The number of para-hydroxylation sites is 2. The summed E-state index contributed by atoms with van der Waals surface area (Å²) in [5.41, 5.74) is 6.17. The number of carbonyl (C=O) groups excluding carboxylic acids is 3. The first-order valence-corrected chi connectivity index (χ1v) is 14.2. The van der Waals surface area contributed by atoms with Gasteiger partial charge < -0.3 is 28.6 Å². The predicted octanol–water partition coefficient (Wildman–Crippen LogP) is 8.45. The van der Waals surface area contributed by atoms with Gasteiger partial charge in [0.2, 0.25) is 5.89 Å². The number of nitrogens with one attached hydrogen (secondary N) is 1. The maximum atomic E-state index is 13.6. The van der Waals surface area contributed by atoms with E-state index in [0.29, 0.717) is 44.4 Å². The SMILES string of the molecule is C=O.C=O.CC.CNC(=O)c1c(-c2ccc(F)cc2)oc2cc(N(C)C)c(-c3cc(Cl)cc(-c4nc5ccccc5o4)c3)cc12. The molecule has 1 N–H and O–H groups in total.